The molecule has 0 bridgehead atoms. The molecule has 0 aliphatic rings. The van der Waals surface area contributed by atoms with Crippen molar-refractivity contribution in [2.45, 2.75) is 19.8 Å². The zero-order valence-electron chi connectivity index (χ0n) is 19.7. The van der Waals surface area contributed by atoms with Gasteiger partial charge in [0.2, 0.25) is 0 Å². The Labute approximate surface area is 200 Å². The molecule has 4 rings (SSSR count). The number of rotatable bonds is 8. The average molecular weight is 453 g/mol. The van der Waals surface area contributed by atoms with Crippen molar-refractivity contribution in [1.29, 1.82) is 0 Å². The molecule has 0 N–H and O–H groups in total. The molecule has 0 saturated carbocycles. The lowest BCUT2D eigenvalue weighted by Gasteiger charge is -2.11. The molecule has 0 radical (unpaired) electrons. The summed E-state index contributed by atoms with van der Waals surface area (Å²) in [7, 11) is 1.55. The molecule has 0 amide bonds. The molecule has 0 aliphatic heterocycles. The summed E-state index contributed by atoms with van der Waals surface area (Å²) in [6.45, 7) is 4.07. The number of esters is 1. The lowest BCUT2D eigenvalue weighted by molar-refractivity contribution is -0.136. The van der Waals surface area contributed by atoms with E-state index in [4.69, 9.17) is 14.2 Å². The number of hydrogen-bond acceptors (Lipinski definition) is 4. The van der Waals surface area contributed by atoms with E-state index in [-0.39, 0.29) is 6.61 Å². The van der Waals surface area contributed by atoms with Crippen molar-refractivity contribution in [3.63, 3.8) is 0 Å². The van der Waals surface area contributed by atoms with Crippen LogP contribution in [-0.2, 0) is 4.79 Å². The second-order valence-corrected chi connectivity index (χ2v) is 8.30. The number of carbonyl (C=O) groups excluding carboxylic acids is 1. The van der Waals surface area contributed by atoms with Gasteiger partial charge in [-0.05, 0) is 57.6 Å². The maximum Gasteiger partial charge on any atom is 0.349 e. The van der Waals surface area contributed by atoms with Crippen LogP contribution in [0.5, 0.6) is 17.2 Å². The Balaban J connectivity index is 1.41. The minimum Gasteiger partial charge on any atom is -0.493 e. The fourth-order valence-electron chi connectivity index (χ4n) is 3.70. The maximum atomic E-state index is 12.3. The molecule has 4 aromatic rings. The molecule has 0 spiro atoms. The van der Waals surface area contributed by atoms with Crippen LogP contribution in [0.1, 0.15) is 36.5 Å². The first-order valence-corrected chi connectivity index (χ1v) is 11.3. The number of hydrogen-bond donors (Lipinski definition) is 0. The SMILES string of the molecule is COc1cc(C=Cc2cccc3ccccc23)ccc1OC(=O)COc1ccc(C(C)C)cc1. The molecule has 34 heavy (non-hydrogen) atoms. The maximum absolute atomic E-state index is 12.3. The van der Waals surface area contributed by atoms with Crippen LogP contribution in [0.4, 0.5) is 0 Å². The average Bonchev–Trinajstić information content (AvgIpc) is 2.87. The topological polar surface area (TPSA) is 44.8 Å². The summed E-state index contributed by atoms with van der Waals surface area (Å²) >= 11 is 0. The molecule has 4 nitrogen and oxygen atoms in total. The molecule has 0 aliphatic carbocycles. The van der Waals surface area contributed by atoms with Crippen LogP contribution in [0.25, 0.3) is 22.9 Å². The van der Waals surface area contributed by atoms with Gasteiger partial charge in [-0.15, -0.1) is 0 Å². The predicted octanol–water partition coefficient (Wildman–Crippen LogP) is 7.13. The molecule has 172 valence electrons. The first-order valence-electron chi connectivity index (χ1n) is 11.3. The van der Waals surface area contributed by atoms with Crippen LogP contribution in [0.3, 0.4) is 0 Å². The van der Waals surface area contributed by atoms with E-state index in [0.717, 1.165) is 11.1 Å². The van der Waals surface area contributed by atoms with Gasteiger partial charge < -0.3 is 14.2 Å². The molecule has 0 heterocycles. The molecule has 0 unspecified atom stereocenters. The number of benzene rings is 4. The standard InChI is InChI=1S/C30H28O4/c1-21(2)23-14-16-26(17-15-23)33-20-30(31)34-28-18-12-22(19-29(28)32-3)11-13-25-9-6-8-24-7-4-5-10-27(24)25/h4-19,21H,20H2,1-3H3. The van der Waals surface area contributed by atoms with Crippen LogP contribution in [0, 0.1) is 0 Å². The van der Waals surface area contributed by atoms with Crippen LogP contribution < -0.4 is 14.2 Å². The Kier molecular flexibility index (Phi) is 7.28. The largest absolute Gasteiger partial charge is 0.493 e. The highest BCUT2D eigenvalue weighted by molar-refractivity contribution is 5.92. The summed E-state index contributed by atoms with van der Waals surface area (Å²) in [5.74, 6) is 1.41. The highest BCUT2D eigenvalue weighted by Crippen LogP contribution is 2.29. The van der Waals surface area contributed by atoms with Gasteiger partial charge >= 0.3 is 5.97 Å². The quantitative estimate of drug-likeness (QED) is 0.162. The van der Waals surface area contributed by atoms with Crippen molar-refractivity contribution in [1.82, 2.24) is 0 Å². The molecule has 4 aromatic carbocycles. The molecule has 0 atom stereocenters. The molecule has 0 aromatic heterocycles. The van der Waals surface area contributed by atoms with Gasteiger partial charge in [0.25, 0.3) is 0 Å². The van der Waals surface area contributed by atoms with Gasteiger partial charge in [-0.2, -0.15) is 0 Å². The summed E-state index contributed by atoms with van der Waals surface area (Å²) in [4.78, 5) is 12.3. The van der Waals surface area contributed by atoms with E-state index in [0.29, 0.717) is 23.2 Å². The highest BCUT2D eigenvalue weighted by Gasteiger charge is 2.12. The van der Waals surface area contributed by atoms with Crippen molar-refractivity contribution < 1.29 is 19.0 Å². The third-order valence-corrected chi connectivity index (χ3v) is 5.59. The van der Waals surface area contributed by atoms with Gasteiger partial charge in [0.15, 0.2) is 18.1 Å². The summed E-state index contributed by atoms with van der Waals surface area (Å²) in [6.07, 6.45) is 4.08. The summed E-state index contributed by atoms with van der Waals surface area (Å²) in [6, 6.07) is 27.7. The second kappa shape index (κ2) is 10.7. The van der Waals surface area contributed by atoms with E-state index in [2.05, 4.69) is 44.2 Å². The molecular formula is C30H28O4. The summed E-state index contributed by atoms with van der Waals surface area (Å²) in [5.41, 5.74) is 3.28. The van der Waals surface area contributed by atoms with E-state index in [1.54, 1.807) is 13.2 Å². The van der Waals surface area contributed by atoms with E-state index >= 15 is 0 Å². The monoisotopic (exact) mass is 452 g/mol. The Hall–Kier alpha value is -4.05. The third-order valence-electron chi connectivity index (χ3n) is 5.59. The van der Waals surface area contributed by atoms with Crippen LogP contribution in [-0.4, -0.2) is 19.7 Å². The Morgan fingerprint density at radius 2 is 1.62 bits per heavy atom. The second-order valence-electron chi connectivity index (χ2n) is 8.30. The summed E-state index contributed by atoms with van der Waals surface area (Å²) in [5, 5.41) is 2.39. The van der Waals surface area contributed by atoms with E-state index in [9.17, 15) is 4.79 Å². The smallest absolute Gasteiger partial charge is 0.349 e. The lowest BCUT2D eigenvalue weighted by atomic mass is 10.0. The highest BCUT2D eigenvalue weighted by atomic mass is 16.6. The summed E-state index contributed by atoms with van der Waals surface area (Å²) < 4.78 is 16.5. The van der Waals surface area contributed by atoms with Crippen molar-refractivity contribution in [2.24, 2.45) is 0 Å². The molecular weight excluding hydrogens is 424 g/mol. The molecule has 0 fully saturated rings. The minimum absolute atomic E-state index is 0.188. The lowest BCUT2D eigenvalue weighted by Crippen LogP contribution is -2.18. The molecule has 4 heteroatoms. The van der Waals surface area contributed by atoms with Crippen molar-refractivity contribution in [3.8, 4) is 17.2 Å². The van der Waals surface area contributed by atoms with Gasteiger partial charge in [0.05, 0.1) is 7.11 Å². The number of carbonyl (C=O) groups is 1. The van der Waals surface area contributed by atoms with Gasteiger partial charge in [-0.3, -0.25) is 0 Å². The van der Waals surface area contributed by atoms with Gasteiger partial charge in [-0.1, -0.05) is 86.7 Å². The van der Waals surface area contributed by atoms with Crippen LogP contribution >= 0.6 is 0 Å². The van der Waals surface area contributed by atoms with Gasteiger partial charge in [0.1, 0.15) is 5.75 Å². The third kappa shape index (κ3) is 5.65. The number of fused-ring (bicyclic) bond motifs is 1. The number of methoxy groups -OCH3 is 1. The zero-order valence-corrected chi connectivity index (χ0v) is 19.7. The van der Waals surface area contributed by atoms with Crippen LogP contribution in [0.15, 0.2) is 84.9 Å². The van der Waals surface area contributed by atoms with Crippen molar-refractivity contribution in [3.05, 3.63) is 102 Å². The predicted molar refractivity (Wildman–Crippen MR) is 138 cm³/mol. The van der Waals surface area contributed by atoms with E-state index < -0.39 is 5.97 Å². The Morgan fingerprint density at radius 3 is 2.38 bits per heavy atom. The minimum atomic E-state index is -0.495. The fraction of sp³-hybridized carbons (Fsp3) is 0.167. The number of ether oxygens (including phenoxy) is 3. The van der Waals surface area contributed by atoms with Gasteiger partial charge in [-0.25, -0.2) is 4.79 Å². The van der Waals surface area contributed by atoms with Gasteiger partial charge in [0, 0.05) is 0 Å². The Bertz CT molecular complexity index is 1300. The Morgan fingerprint density at radius 1 is 0.853 bits per heavy atom. The zero-order chi connectivity index (χ0) is 23.9. The van der Waals surface area contributed by atoms with Crippen LogP contribution in [0.2, 0.25) is 0 Å². The normalized spacial score (nSPS) is 11.2. The molecule has 0 saturated heterocycles. The van der Waals surface area contributed by atoms with Crippen molar-refractivity contribution in [2.75, 3.05) is 13.7 Å². The first-order chi connectivity index (χ1) is 16.5. The van der Waals surface area contributed by atoms with Crippen molar-refractivity contribution >= 4 is 28.9 Å². The fourth-order valence-corrected chi connectivity index (χ4v) is 3.70. The van der Waals surface area contributed by atoms with E-state index in [1.807, 2.05) is 60.7 Å². The first kappa shape index (κ1) is 23.1. The van der Waals surface area contributed by atoms with E-state index in [1.165, 1.54) is 16.3 Å².